The first-order valence-electron chi connectivity index (χ1n) is 21.9. The van der Waals surface area contributed by atoms with Gasteiger partial charge in [0.05, 0.1) is 18.1 Å². The highest BCUT2D eigenvalue weighted by molar-refractivity contribution is 5.94. The third-order valence-electron chi connectivity index (χ3n) is 17.3. The van der Waals surface area contributed by atoms with E-state index >= 15 is 0 Å². The van der Waals surface area contributed by atoms with Crippen LogP contribution in [0.5, 0.6) is 5.75 Å². The molecule has 0 radical (unpaired) electrons. The minimum Gasteiger partial charge on any atom is -0.494 e. The molecule has 7 nitrogen and oxygen atoms in total. The normalized spacial score (nSPS) is 36.9. The van der Waals surface area contributed by atoms with E-state index in [1.165, 1.54) is 31.3 Å². The van der Waals surface area contributed by atoms with Gasteiger partial charge in [-0.15, -0.1) is 0 Å². The predicted molar refractivity (Wildman–Crippen MR) is 223 cm³/mol. The molecule has 4 unspecified atom stereocenters. The van der Waals surface area contributed by atoms with Crippen LogP contribution < -0.4 is 15.4 Å². The number of nitrogens with one attached hydrogen (secondary N) is 2. The van der Waals surface area contributed by atoms with Gasteiger partial charge >= 0.3 is 0 Å². The molecule has 306 valence electrons. The number of hydrogen-bond acceptors (Lipinski definition) is 5. The van der Waals surface area contributed by atoms with Gasteiger partial charge in [0, 0.05) is 31.7 Å². The van der Waals surface area contributed by atoms with Crippen LogP contribution in [0.3, 0.4) is 0 Å². The van der Waals surface area contributed by atoms with Crippen molar-refractivity contribution >= 4 is 11.8 Å². The molecule has 0 heterocycles. The van der Waals surface area contributed by atoms with Crippen LogP contribution in [0.25, 0.3) is 0 Å². The zero-order valence-electron chi connectivity index (χ0n) is 35.2. The first-order valence-corrected chi connectivity index (χ1v) is 21.9. The summed E-state index contributed by atoms with van der Waals surface area (Å²) in [6.07, 6.45) is 11.9. The van der Waals surface area contributed by atoms with Crippen molar-refractivity contribution in [2.75, 3.05) is 19.8 Å². The van der Waals surface area contributed by atoms with E-state index in [4.69, 9.17) is 9.84 Å². The summed E-state index contributed by atoms with van der Waals surface area (Å²) in [4.78, 5) is 27.8. The molecule has 10 atom stereocenters. The molecular formula is C49H70N2O5. The molecule has 0 aromatic heterocycles. The number of ether oxygens (including phenoxy) is 1. The Balaban J connectivity index is 1.01. The summed E-state index contributed by atoms with van der Waals surface area (Å²) < 4.78 is 5.61. The number of aliphatic hydroxyl groups is 2. The summed E-state index contributed by atoms with van der Waals surface area (Å²) in [6, 6.07) is 15.4. The van der Waals surface area contributed by atoms with E-state index < -0.39 is 0 Å². The van der Waals surface area contributed by atoms with E-state index in [0.29, 0.717) is 67.7 Å². The first kappa shape index (κ1) is 41.0. The lowest BCUT2D eigenvalue weighted by molar-refractivity contribution is -0.246. The average molecular weight is 767 g/mol. The fourth-order valence-corrected chi connectivity index (χ4v) is 14.1. The molecule has 4 N–H and O–H groups in total. The van der Waals surface area contributed by atoms with Crippen LogP contribution in [-0.2, 0) is 17.8 Å². The smallest absolute Gasteiger partial charge is 0.251 e. The Morgan fingerprint density at radius 3 is 2.34 bits per heavy atom. The highest BCUT2D eigenvalue weighted by atomic mass is 16.5. The lowest BCUT2D eigenvalue weighted by atomic mass is 9.32. The quantitative estimate of drug-likeness (QED) is 0.127. The SMILES string of the molecule is C=C(C)[C@@H]1CC[C@]2(C(=O)NCCc3cccc(C(=O)NCc4ccc(OCCCO)cc4)c3)CC[C@]3(C)C(CCC4[C@@]5(C)CC[C@H](O)C(C)(C)C5CC[C@]43C)C12. The summed E-state index contributed by atoms with van der Waals surface area (Å²) in [5.74, 6) is 3.22. The summed E-state index contributed by atoms with van der Waals surface area (Å²) >= 11 is 0. The van der Waals surface area contributed by atoms with Crippen LogP contribution in [0, 0.1) is 56.7 Å². The summed E-state index contributed by atoms with van der Waals surface area (Å²) in [6.45, 7) is 20.8. The fraction of sp³-hybridized carbons (Fsp3) is 0.673. The van der Waals surface area contributed by atoms with Crippen molar-refractivity contribution in [3.05, 3.63) is 77.4 Å². The van der Waals surface area contributed by atoms with E-state index in [1.807, 2.05) is 48.5 Å². The monoisotopic (exact) mass is 767 g/mol. The molecule has 5 aliphatic rings. The Hall–Kier alpha value is -3.16. The third-order valence-corrected chi connectivity index (χ3v) is 17.3. The van der Waals surface area contributed by atoms with Crippen LogP contribution >= 0.6 is 0 Å². The van der Waals surface area contributed by atoms with Gasteiger partial charge in [-0.25, -0.2) is 0 Å². The molecule has 0 bridgehead atoms. The summed E-state index contributed by atoms with van der Waals surface area (Å²) in [7, 11) is 0. The third kappa shape index (κ3) is 6.84. The fourth-order valence-electron chi connectivity index (χ4n) is 14.1. The van der Waals surface area contributed by atoms with Crippen LogP contribution in [0.1, 0.15) is 134 Å². The maximum Gasteiger partial charge on any atom is 0.251 e. The summed E-state index contributed by atoms with van der Waals surface area (Å²) in [5, 5.41) is 26.6. The number of benzene rings is 2. The second-order valence-corrected chi connectivity index (χ2v) is 20.2. The van der Waals surface area contributed by atoms with Gasteiger partial charge in [-0.3, -0.25) is 9.59 Å². The number of carbonyl (C=O) groups excluding carboxylic acids is 2. The number of fused-ring (bicyclic) bond motifs is 7. The lowest BCUT2D eigenvalue weighted by Gasteiger charge is -2.72. The van der Waals surface area contributed by atoms with Crippen LogP contribution in [0.15, 0.2) is 60.7 Å². The van der Waals surface area contributed by atoms with Crippen molar-refractivity contribution in [1.29, 1.82) is 0 Å². The Labute approximate surface area is 336 Å². The number of hydrogen-bond donors (Lipinski definition) is 4. The highest BCUT2D eigenvalue weighted by Gasteiger charge is 2.71. The van der Waals surface area contributed by atoms with Crippen molar-refractivity contribution in [2.45, 2.75) is 131 Å². The second kappa shape index (κ2) is 15.5. The second-order valence-electron chi connectivity index (χ2n) is 20.2. The number of amides is 2. The van der Waals surface area contributed by atoms with E-state index in [0.717, 1.165) is 55.4 Å². The molecule has 5 saturated carbocycles. The van der Waals surface area contributed by atoms with E-state index in [1.54, 1.807) is 0 Å². The molecule has 0 aliphatic heterocycles. The Morgan fingerprint density at radius 1 is 0.839 bits per heavy atom. The molecule has 2 aromatic carbocycles. The minimum absolute atomic E-state index is 0.0536. The van der Waals surface area contributed by atoms with Gasteiger partial charge in [-0.2, -0.15) is 0 Å². The van der Waals surface area contributed by atoms with E-state index in [2.05, 4.69) is 58.8 Å². The van der Waals surface area contributed by atoms with Gasteiger partial charge in [-0.1, -0.05) is 71.0 Å². The van der Waals surface area contributed by atoms with Gasteiger partial charge in [0.1, 0.15) is 5.75 Å². The molecule has 5 aliphatic carbocycles. The summed E-state index contributed by atoms with van der Waals surface area (Å²) in [5.41, 5.74) is 4.07. The molecule has 0 spiro atoms. The standard InChI is InChI=1S/C49H70N2O5/c1-32(2)37-18-24-49(26-25-47(6)38(42(37)49)16-17-40-46(5)22-20-41(53)45(3,4)39(46)19-23-48(40,47)7)44(55)50-27-21-33-10-8-11-35(30-33)43(54)51-31-34-12-14-36(15-13-34)56-29-9-28-52/h8,10-15,30,37-42,52-53H,1,9,16-29,31H2,2-7H3,(H,50,55)(H,51,54)/t37-,38?,39?,40?,41-,42?,46-,47+,48+,49-/m0/s1. The molecule has 56 heavy (non-hydrogen) atoms. The van der Waals surface area contributed by atoms with Crippen molar-refractivity contribution in [3.63, 3.8) is 0 Å². The Morgan fingerprint density at radius 2 is 1.61 bits per heavy atom. The van der Waals surface area contributed by atoms with Crippen molar-refractivity contribution in [3.8, 4) is 5.75 Å². The molecule has 7 heteroatoms. The topological polar surface area (TPSA) is 108 Å². The minimum atomic E-state index is -0.361. The van der Waals surface area contributed by atoms with Crippen LogP contribution in [0.4, 0.5) is 0 Å². The van der Waals surface area contributed by atoms with Gasteiger partial charge in [-0.05, 0) is 164 Å². The Bertz CT molecular complexity index is 1770. The van der Waals surface area contributed by atoms with Gasteiger partial charge in [0.2, 0.25) is 5.91 Å². The molecule has 5 fully saturated rings. The van der Waals surface area contributed by atoms with Crippen molar-refractivity contribution in [1.82, 2.24) is 10.6 Å². The van der Waals surface area contributed by atoms with Crippen LogP contribution in [0.2, 0.25) is 0 Å². The van der Waals surface area contributed by atoms with Crippen LogP contribution in [-0.4, -0.2) is 47.9 Å². The lowest BCUT2D eigenvalue weighted by Crippen LogP contribution is -2.67. The first-order chi connectivity index (χ1) is 26.6. The van der Waals surface area contributed by atoms with Crippen molar-refractivity contribution in [2.24, 2.45) is 56.7 Å². The largest absolute Gasteiger partial charge is 0.494 e. The number of allylic oxidation sites excluding steroid dienone is 1. The van der Waals surface area contributed by atoms with Gasteiger partial charge in [0.25, 0.3) is 5.91 Å². The number of aliphatic hydroxyl groups excluding tert-OH is 2. The predicted octanol–water partition coefficient (Wildman–Crippen LogP) is 9.06. The highest BCUT2D eigenvalue weighted by Crippen LogP contribution is 2.77. The molecular weight excluding hydrogens is 697 g/mol. The molecule has 2 aromatic rings. The van der Waals surface area contributed by atoms with Gasteiger partial charge in [0.15, 0.2) is 0 Å². The maximum atomic E-state index is 14.7. The molecule has 7 rings (SSSR count). The molecule has 0 saturated heterocycles. The van der Waals surface area contributed by atoms with E-state index in [-0.39, 0.29) is 51.6 Å². The zero-order chi connectivity index (χ0) is 40.1. The maximum absolute atomic E-state index is 14.7. The number of rotatable bonds is 12. The Kier molecular flexibility index (Phi) is 11.4. The van der Waals surface area contributed by atoms with E-state index in [9.17, 15) is 14.7 Å². The molecule has 2 amide bonds. The average Bonchev–Trinajstić information content (AvgIpc) is 3.58. The number of carbonyl (C=O) groups is 2. The zero-order valence-corrected chi connectivity index (χ0v) is 35.2. The van der Waals surface area contributed by atoms with Crippen molar-refractivity contribution < 1.29 is 24.5 Å². The van der Waals surface area contributed by atoms with Gasteiger partial charge < -0.3 is 25.6 Å².